The molecule has 0 radical (unpaired) electrons. The lowest BCUT2D eigenvalue weighted by molar-refractivity contribution is -0.138. The molecule has 0 aliphatic heterocycles. The first-order valence-electron chi connectivity index (χ1n) is 10.4. The molecule has 1 saturated carbocycles. The zero-order valence-corrected chi connectivity index (χ0v) is 18.9. The first-order valence-corrected chi connectivity index (χ1v) is 11.3. The third-order valence-corrected chi connectivity index (χ3v) is 6.58. The van der Waals surface area contributed by atoms with E-state index in [9.17, 15) is 4.79 Å². The van der Waals surface area contributed by atoms with Crippen LogP contribution in [0.4, 0.5) is 0 Å². The van der Waals surface area contributed by atoms with Crippen molar-refractivity contribution in [3.8, 4) is 0 Å². The summed E-state index contributed by atoms with van der Waals surface area (Å²) < 4.78 is 0. The molecule has 2 N–H and O–H groups in total. The van der Waals surface area contributed by atoms with Crippen molar-refractivity contribution >= 4 is 23.2 Å². The molecule has 0 aromatic carbocycles. The minimum absolute atomic E-state index is 0.229. The maximum absolute atomic E-state index is 12.8. The molecular formula is C21H37N5OS. The Hall–Kier alpha value is -1.60. The highest BCUT2D eigenvalue weighted by atomic mass is 32.1. The Morgan fingerprint density at radius 1 is 1.25 bits per heavy atom. The van der Waals surface area contributed by atoms with Crippen molar-refractivity contribution in [2.45, 2.75) is 45.6 Å². The van der Waals surface area contributed by atoms with Crippen molar-refractivity contribution in [3.05, 3.63) is 22.4 Å². The van der Waals surface area contributed by atoms with Crippen molar-refractivity contribution in [1.82, 2.24) is 20.4 Å². The van der Waals surface area contributed by atoms with E-state index >= 15 is 0 Å². The van der Waals surface area contributed by atoms with Gasteiger partial charge in [0.2, 0.25) is 5.91 Å². The molecule has 1 aromatic heterocycles. The Bertz CT molecular complexity index is 619. The molecule has 1 aliphatic rings. The number of amides is 1. The predicted octanol–water partition coefficient (Wildman–Crippen LogP) is 2.94. The van der Waals surface area contributed by atoms with Crippen molar-refractivity contribution in [3.63, 3.8) is 0 Å². The molecule has 158 valence electrons. The molecule has 1 amide bonds. The van der Waals surface area contributed by atoms with Crippen LogP contribution in [0.1, 0.15) is 51.1 Å². The highest BCUT2D eigenvalue weighted by Crippen LogP contribution is 2.38. The highest BCUT2D eigenvalue weighted by Gasteiger charge is 2.42. The van der Waals surface area contributed by atoms with Crippen LogP contribution in [0.15, 0.2) is 21.8 Å². The van der Waals surface area contributed by atoms with Gasteiger partial charge in [0.25, 0.3) is 0 Å². The summed E-state index contributed by atoms with van der Waals surface area (Å²) in [5, 5.41) is 11.3. The Kier molecular flexibility index (Phi) is 8.76. The van der Waals surface area contributed by atoms with Crippen LogP contribution in [0, 0.1) is 5.41 Å². The first-order chi connectivity index (χ1) is 13.5. The maximum Gasteiger partial charge on any atom is 0.230 e. The van der Waals surface area contributed by atoms with Crippen molar-refractivity contribution in [2.24, 2.45) is 10.4 Å². The summed E-state index contributed by atoms with van der Waals surface area (Å²) in [6, 6.07) is 2.51. The fraction of sp³-hybridized carbons (Fsp3) is 0.714. The van der Waals surface area contributed by atoms with E-state index < -0.39 is 0 Å². The summed E-state index contributed by atoms with van der Waals surface area (Å²) in [7, 11) is 5.50. The van der Waals surface area contributed by atoms with Gasteiger partial charge in [0, 0.05) is 34.2 Å². The van der Waals surface area contributed by atoms with E-state index in [4.69, 9.17) is 0 Å². The van der Waals surface area contributed by atoms with Gasteiger partial charge in [0.1, 0.15) is 0 Å². The normalized spacial score (nSPS) is 17.6. The minimum Gasteiger partial charge on any atom is -0.355 e. The molecule has 1 fully saturated rings. The number of nitrogens with zero attached hydrogens (tertiary/aromatic N) is 3. The van der Waals surface area contributed by atoms with E-state index in [1.165, 1.54) is 5.56 Å². The van der Waals surface area contributed by atoms with Crippen LogP contribution in [0.3, 0.4) is 0 Å². The minimum atomic E-state index is -0.299. The molecule has 7 heteroatoms. The van der Waals surface area contributed by atoms with Gasteiger partial charge >= 0.3 is 0 Å². The number of rotatable bonds is 9. The Morgan fingerprint density at radius 3 is 2.43 bits per heavy atom. The van der Waals surface area contributed by atoms with Crippen LogP contribution in [0.2, 0.25) is 0 Å². The quantitative estimate of drug-likeness (QED) is 0.488. The number of carbonyl (C=O) groups is 1. The number of guanidine groups is 1. The molecule has 1 atom stereocenters. The summed E-state index contributed by atoms with van der Waals surface area (Å²) in [4.78, 5) is 21.4. The lowest BCUT2D eigenvalue weighted by Crippen LogP contribution is -2.50. The molecule has 0 spiro atoms. The Labute approximate surface area is 174 Å². The van der Waals surface area contributed by atoms with Gasteiger partial charge in [-0.1, -0.05) is 26.7 Å². The van der Waals surface area contributed by atoms with Crippen molar-refractivity contribution in [1.29, 1.82) is 0 Å². The Balaban J connectivity index is 2.00. The van der Waals surface area contributed by atoms with Gasteiger partial charge in [-0.05, 0) is 48.3 Å². The SMILES string of the molecule is CCN(CC)C(CNC(=NC)NCC1(C(=O)N(C)C)CCCC1)c1ccsc1. The fourth-order valence-corrected chi connectivity index (χ4v) is 4.95. The number of hydrogen-bond acceptors (Lipinski definition) is 4. The average molecular weight is 408 g/mol. The molecule has 6 nitrogen and oxygen atoms in total. The molecule has 1 aliphatic carbocycles. The Morgan fingerprint density at radius 2 is 1.93 bits per heavy atom. The summed E-state index contributed by atoms with van der Waals surface area (Å²) in [5.41, 5.74) is 1.04. The third-order valence-electron chi connectivity index (χ3n) is 5.88. The second kappa shape index (κ2) is 10.8. The smallest absolute Gasteiger partial charge is 0.230 e. The van der Waals surface area contributed by atoms with E-state index in [1.54, 1.807) is 23.3 Å². The van der Waals surface area contributed by atoms with Gasteiger partial charge in [-0.3, -0.25) is 14.7 Å². The number of thiophene rings is 1. The first kappa shape index (κ1) is 22.7. The maximum atomic E-state index is 12.8. The van der Waals surface area contributed by atoms with Gasteiger partial charge < -0.3 is 15.5 Å². The van der Waals surface area contributed by atoms with Gasteiger partial charge in [-0.15, -0.1) is 0 Å². The number of hydrogen-bond donors (Lipinski definition) is 2. The van der Waals surface area contributed by atoms with Crippen LogP contribution in [-0.2, 0) is 4.79 Å². The highest BCUT2D eigenvalue weighted by molar-refractivity contribution is 7.07. The number of aliphatic imine (C=N–C) groups is 1. The van der Waals surface area contributed by atoms with E-state index in [0.29, 0.717) is 12.6 Å². The second-order valence-corrected chi connectivity index (χ2v) is 8.57. The van der Waals surface area contributed by atoms with Crippen LogP contribution < -0.4 is 10.6 Å². The lowest BCUT2D eigenvalue weighted by Gasteiger charge is -2.32. The van der Waals surface area contributed by atoms with Gasteiger partial charge in [-0.25, -0.2) is 0 Å². The predicted molar refractivity (Wildman–Crippen MR) is 119 cm³/mol. The summed E-state index contributed by atoms with van der Waals surface area (Å²) in [6.07, 6.45) is 4.14. The molecule has 1 heterocycles. The monoisotopic (exact) mass is 407 g/mol. The summed E-state index contributed by atoms with van der Waals surface area (Å²) in [6.45, 7) is 7.83. The second-order valence-electron chi connectivity index (χ2n) is 7.79. The van der Waals surface area contributed by atoms with E-state index in [1.807, 2.05) is 14.1 Å². The van der Waals surface area contributed by atoms with Crippen LogP contribution in [0.5, 0.6) is 0 Å². The van der Waals surface area contributed by atoms with E-state index in [-0.39, 0.29) is 11.3 Å². The number of likely N-dealkylation sites (N-methyl/N-ethyl adjacent to an activating group) is 1. The topological polar surface area (TPSA) is 60.0 Å². The zero-order valence-electron chi connectivity index (χ0n) is 18.1. The summed E-state index contributed by atoms with van der Waals surface area (Å²) in [5.74, 6) is 0.998. The average Bonchev–Trinajstić information content (AvgIpc) is 3.39. The number of carbonyl (C=O) groups excluding carboxylic acids is 1. The molecule has 1 unspecified atom stereocenters. The standard InChI is InChI=1S/C21H37N5OS/c1-6-26(7-2)18(17-10-13-28-15-17)14-23-20(22-3)24-16-21(11-8-9-12-21)19(27)25(4)5/h10,13,15,18H,6-9,11-12,14,16H2,1-5H3,(H2,22,23,24). The number of nitrogens with one attached hydrogen (secondary N) is 2. The van der Waals surface area contributed by atoms with Gasteiger partial charge in [-0.2, -0.15) is 11.3 Å². The summed E-state index contributed by atoms with van der Waals surface area (Å²) >= 11 is 1.74. The molecule has 28 heavy (non-hydrogen) atoms. The van der Waals surface area contributed by atoms with Crippen molar-refractivity contribution < 1.29 is 4.79 Å². The van der Waals surface area contributed by atoms with E-state index in [2.05, 4.69) is 51.2 Å². The molecular weight excluding hydrogens is 370 g/mol. The zero-order chi connectivity index (χ0) is 20.6. The van der Waals surface area contributed by atoms with Gasteiger partial charge in [0.15, 0.2) is 5.96 Å². The largest absolute Gasteiger partial charge is 0.355 e. The van der Waals surface area contributed by atoms with Crippen molar-refractivity contribution in [2.75, 3.05) is 47.3 Å². The van der Waals surface area contributed by atoms with E-state index in [0.717, 1.165) is 51.3 Å². The molecule has 2 rings (SSSR count). The van der Waals surface area contributed by atoms with Gasteiger partial charge in [0.05, 0.1) is 11.5 Å². The molecule has 0 saturated heterocycles. The van der Waals surface area contributed by atoms with Crippen LogP contribution >= 0.6 is 11.3 Å². The van der Waals surface area contributed by atoms with Crippen LogP contribution in [-0.4, -0.2) is 69.0 Å². The third kappa shape index (κ3) is 5.47. The molecule has 0 bridgehead atoms. The van der Waals surface area contributed by atoms with Crippen LogP contribution in [0.25, 0.3) is 0 Å². The fourth-order valence-electron chi connectivity index (χ4n) is 4.25. The molecule has 1 aromatic rings. The lowest BCUT2D eigenvalue weighted by atomic mass is 9.84.